The van der Waals surface area contributed by atoms with Gasteiger partial charge in [0, 0.05) is 10.1 Å². The van der Waals surface area contributed by atoms with Gasteiger partial charge in [0.25, 0.3) is 0 Å². The van der Waals surface area contributed by atoms with Crippen molar-refractivity contribution in [2.45, 2.75) is 29.3 Å². The van der Waals surface area contributed by atoms with E-state index >= 15 is 0 Å². The lowest BCUT2D eigenvalue weighted by Crippen LogP contribution is -2.21. The first-order chi connectivity index (χ1) is 5.50. The molecule has 0 aliphatic heterocycles. The van der Waals surface area contributed by atoms with Crippen molar-refractivity contribution in [1.82, 2.24) is 0 Å². The van der Waals surface area contributed by atoms with Crippen LogP contribution in [0.2, 0.25) is 0 Å². The van der Waals surface area contributed by atoms with Crippen LogP contribution in [-0.4, -0.2) is 22.6 Å². The molecule has 0 unspecified atom stereocenters. The van der Waals surface area contributed by atoms with Crippen molar-refractivity contribution in [1.29, 1.82) is 0 Å². The molecule has 3 heteroatoms. The van der Waals surface area contributed by atoms with Crippen LogP contribution in [0.4, 0.5) is 0 Å². The first-order valence-electron chi connectivity index (χ1n) is 4.56. The Morgan fingerprint density at radius 2 is 1.92 bits per heavy atom. The molecule has 0 heterocycles. The minimum atomic E-state index is -0.484. The maximum absolute atomic E-state index is 3.90. The summed E-state index contributed by atoms with van der Waals surface area (Å²) in [6.45, 7) is 0. The Bertz CT molecular complexity index is 187. The molecule has 2 bridgehead atoms. The Morgan fingerprint density at radius 1 is 1.25 bits per heavy atom. The molecular weight excluding hydrogens is 300 g/mol. The van der Waals surface area contributed by atoms with Crippen molar-refractivity contribution in [3.05, 3.63) is 0 Å². The van der Waals surface area contributed by atoms with E-state index in [0.717, 1.165) is 21.9 Å². The first kappa shape index (κ1) is 9.85. The largest absolute Gasteiger partial charge is 0.186 e. The lowest BCUT2D eigenvalue weighted by molar-refractivity contribution is 0.490. The van der Waals surface area contributed by atoms with Gasteiger partial charge in [0.2, 0.25) is 0 Å². The topological polar surface area (TPSA) is 0 Å². The highest BCUT2D eigenvalue weighted by atomic mass is 79.9. The summed E-state index contributed by atoms with van der Waals surface area (Å²) in [6, 6.07) is 0. The van der Waals surface area contributed by atoms with Gasteiger partial charge in [-0.25, -0.2) is 0 Å². The monoisotopic (exact) mass is 314 g/mol. The van der Waals surface area contributed by atoms with Gasteiger partial charge in [-0.05, 0) is 58.4 Å². The van der Waals surface area contributed by atoms with Crippen LogP contribution in [0.15, 0.2) is 0 Å². The number of alkyl halides is 1. The molecule has 0 aromatic rings. The Kier molecular flexibility index (Phi) is 2.60. The smallest absolute Gasteiger partial charge is 0.0212 e. The second kappa shape index (κ2) is 3.16. The average Bonchev–Trinajstić information content (AvgIpc) is 2.45. The van der Waals surface area contributed by atoms with Crippen molar-refractivity contribution < 1.29 is 0 Å². The van der Waals surface area contributed by atoms with Gasteiger partial charge in [-0.2, -0.15) is 8.46 Å². The Balaban J connectivity index is 2.14. The summed E-state index contributed by atoms with van der Waals surface area (Å²) in [4.78, 5) is 0.840. The van der Waals surface area contributed by atoms with E-state index < -0.39 is 8.46 Å². The molecule has 0 radical (unpaired) electrons. The van der Waals surface area contributed by atoms with E-state index in [9.17, 15) is 0 Å². The molecule has 12 heavy (non-hydrogen) atoms. The maximum atomic E-state index is 3.90. The fourth-order valence-corrected chi connectivity index (χ4v) is 7.28. The third-order valence-corrected chi connectivity index (χ3v) is 8.31. The minimum absolute atomic E-state index is 0.484. The molecule has 0 aromatic heterocycles. The molecule has 2 aliphatic carbocycles. The summed E-state index contributed by atoms with van der Waals surface area (Å²) in [7, 11) is -0.484. The van der Waals surface area contributed by atoms with Crippen LogP contribution in [-0.2, 0) is 0 Å². The van der Waals surface area contributed by atoms with Crippen LogP contribution >= 0.6 is 39.2 Å². The molecule has 0 saturated heterocycles. The molecule has 0 aromatic carbocycles. The van der Waals surface area contributed by atoms with E-state index in [1.54, 1.807) is 0 Å². The lowest BCUT2D eigenvalue weighted by atomic mass is 10.0. The molecule has 0 amide bonds. The van der Waals surface area contributed by atoms with E-state index in [4.69, 9.17) is 0 Å². The quantitative estimate of drug-likeness (QED) is 0.643. The molecule has 0 nitrogen and oxygen atoms in total. The van der Waals surface area contributed by atoms with Gasteiger partial charge in [-0.15, -0.1) is 0 Å². The number of halogens is 2. The Labute approximate surface area is 92.5 Å². The van der Waals surface area contributed by atoms with Crippen molar-refractivity contribution in [2.75, 3.05) is 12.5 Å². The highest BCUT2D eigenvalue weighted by Crippen LogP contribution is 2.65. The van der Waals surface area contributed by atoms with E-state index in [0.29, 0.717) is 0 Å². The molecule has 72 valence electrons. The van der Waals surface area contributed by atoms with Crippen LogP contribution in [0.25, 0.3) is 0 Å². The van der Waals surface area contributed by atoms with E-state index in [1.165, 1.54) is 19.3 Å². The van der Waals surface area contributed by atoms with Crippen LogP contribution < -0.4 is 0 Å². The van der Waals surface area contributed by atoms with Gasteiger partial charge >= 0.3 is 0 Å². The normalized spacial score (nSPS) is 48.3. The van der Waals surface area contributed by atoms with Crippen molar-refractivity contribution >= 4 is 39.2 Å². The zero-order valence-electron chi connectivity index (χ0n) is 7.59. The lowest BCUT2D eigenvalue weighted by Gasteiger charge is -2.36. The van der Waals surface area contributed by atoms with Gasteiger partial charge in [0.15, 0.2) is 0 Å². The number of fused-ring (bicyclic) bond motifs is 2. The van der Waals surface area contributed by atoms with Gasteiger partial charge in [-0.1, -0.05) is 15.9 Å². The fourth-order valence-electron chi connectivity index (χ4n) is 2.83. The van der Waals surface area contributed by atoms with Gasteiger partial charge in [-0.3, -0.25) is 0 Å². The first-order valence-corrected chi connectivity index (χ1v) is 9.83. The molecule has 2 saturated carbocycles. The van der Waals surface area contributed by atoms with Crippen molar-refractivity contribution in [3.8, 4) is 0 Å². The number of hydrogen-bond acceptors (Lipinski definition) is 0. The van der Waals surface area contributed by atoms with Crippen LogP contribution in [0.1, 0.15) is 19.3 Å². The SMILES string of the molecule is CS(C)(Br)[C@H]1C[C@H]2CC[C@@H]1[C@H]2Br. The standard InChI is InChI=1S/C9H16Br2S/c1-12(2,11)8-5-6-3-4-7(8)9(6)10/h6-9H,3-5H2,1-2H3/t6-,7+,8+,9+/m1/s1. The Morgan fingerprint density at radius 3 is 2.17 bits per heavy atom. The van der Waals surface area contributed by atoms with Gasteiger partial charge in [0.05, 0.1) is 0 Å². The van der Waals surface area contributed by atoms with E-state index in [2.05, 4.69) is 43.3 Å². The third kappa shape index (κ3) is 1.50. The minimum Gasteiger partial charge on any atom is -0.186 e. The van der Waals surface area contributed by atoms with Crippen molar-refractivity contribution in [2.24, 2.45) is 11.8 Å². The summed E-state index contributed by atoms with van der Waals surface area (Å²) >= 11 is 7.75. The Hall–Kier alpha value is 1.31. The molecule has 0 N–H and O–H groups in total. The summed E-state index contributed by atoms with van der Waals surface area (Å²) < 4.78 is 0. The fraction of sp³-hybridized carbons (Fsp3) is 1.00. The van der Waals surface area contributed by atoms with Gasteiger partial charge < -0.3 is 0 Å². The van der Waals surface area contributed by atoms with E-state index in [1.807, 2.05) is 0 Å². The summed E-state index contributed by atoms with van der Waals surface area (Å²) in [5, 5.41) is 0.973. The summed E-state index contributed by atoms with van der Waals surface area (Å²) in [5.74, 6) is 1.96. The second-order valence-electron chi connectivity index (χ2n) is 4.50. The molecular formula is C9H16Br2S. The molecule has 2 fully saturated rings. The van der Waals surface area contributed by atoms with Crippen LogP contribution in [0.5, 0.6) is 0 Å². The zero-order chi connectivity index (χ0) is 8.93. The number of rotatable bonds is 1. The average molecular weight is 316 g/mol. The molecule has 4 atom stereocenters. The summed E-state index contributed by atoms with van der Waals surface area (Å²) in [5.41, 5.74) is 0. The molecule has 2 aliphatic rings. The highest BCUT2D eigenvalue weighted by Gasteiger charge is 2.49. The van der Waals surface area contributed by atoms with Crippen LogP contribution in [0, 0.1) is 11.8 Å². The van der Waals surface area contributed by atoms with E-state index in [-0.39, 0.29) is 0 Å². The van der Waals surface area contributed by atoms with Gasteiger partial charge in [0.1, 0.15) is 0 Å². The highest BCUT2D eigenvalue weighted by molar-refractivity contribution is 9.58. The van der Waals surface area contributed by atoms with Crippen molar-refractivity contribution in [3.63, 3.8) is 0 Å². The zero-order valence-corrected chi connectivity index (χ0v) is 11.6. The summed E-state index contributed by atoms with van der Waals surface area (Å²) in [6.07, 6.45) is 9.21. The van der Waals surface area contributed by atoms with Crippen LogP contribution in [0.3, 0.4) is 0 Å². The predicted molar refractivity (Wildman–Crippen MR) is 65.7 cm³/mol. The molecule has 0 spiro atoms. The predicted octanol–water partition coefficient (Wildman–Crippen LogP) is 3.92. The third-order valence-electron chi connectivity index (χ3n) is 3.46. The second-order valence-corrected chi connectivity index (χ2v) is 13.7. The molecule has 2 rings (SSSR count). The number of hydrogen-bond donors (Lipinski definition) is 0. The maximum Gasteiger partial charge on any atom is 0.0212 e.